The fraction of sp³-hybridized carbons (Fsp3) is 0.658. The highest BCUT2D eigenvalue weighted by Crippen LogP contribution is 2.44. The quantitative estimate of drug-likeness (QED) is 0.0997. The van der Waals surface area contributed by atoms with E-state index in [9.17, 15) is 4.79 Å². The first-order valence-electron chi connectivity index (χ1n) is 18.4. The topological polar surface area (TPSA) is 157 Å². The Labute approximate surface area is 308 Å². The summed E-state index contributed by atoms with van der Waals surface area (Å²) < 4.78 is 60.1. The molecule has 0 saturated heterocycles. The molecule has 0 radical (unpaired) electrons. The third kappa shape index (κ3) is 19.9. The molecular formula is C38H60N2O12. The number of carbonyl (C=O) groups excluding carboxylic acids is 1. The maximum absolute atomic E-state index is 12.3. The molecule has 0 atom stereocenters. The van der Waals surface area contributed by atoms with E-state index in [-0.39, 0.29) is 5.92 Å². The first kappa shape index (κ1) is 43.7. The maximum atomic E-state index is 12.3. The fourth-order valence-corrected chi connectivity index (χ4v) is 5.18. The minimum absolute atomic E-state index is 0.0502. The molecule has 1 aliphatic carbocycles. The Morgan fingerprint density at radius 2 is 0.808 bits per heavy atom. The lowest BCUT2D eigenvalue weighted by atomic mass is 9.98. The smallest absolute Gasteiger partial charge is 0.407 e. The van der Waals surface area contributed by atoms with E-state index >= 15 is 0 Å². The van der Waals surface area contributed by atoms with Gasteiger partial charge in [-0.2, -0.15) is 0 Å². The molecule has 1 amide bonds. The maximum Gasteiger partial charge on any atom is 0.407 e. The van der Waals surface area contributed by atoms with Crippen molar-refractivity contribution in [3.05, 3.63) is 59.7 Å². The van der Waals surface area contributed by atoms with Crippen LogP contribution in [0.25, 0.3) is 11.1 Å². The lowest BCUT2D eigenvalue weighted by Gasteiger charge is -2.14. The van der Waals surface area contributed by atoms with Gasteiger partial charge in [0.1, 0.15) is 6.61 Å². The van der Waals surface area contributed by atoms with Crippen molar-refractivity contribution >= 4 is 6.09 Å². The van der Waals surface area contributed by atoms with E-state index in [1.54, 1.807) is 0 Å². The molecule has 0 saturated carbocycles. The highest BCUT2D eigenvalue weighted by molar-refractivity contribution is 5.79. The molecule has 0 fully saturated rings. The molecule has 1 aliphatic rings. The molecule has 2 aromatic rings. The highest BCUT2D eigenvalue weighted by Gasteiger charge is 2.28. The Bertz CT molecular complexity index is 1120. The molecule has 52 heavy (non-hydrogen) atoms. The summed E-state index contributed by atoms with van der Waals surface area (Å²) in [6.45, 7) is 11.5. The summed E-state index contributed by atoms with van der Waals surface area (Å²) in [5.41, 5.74) is 10.1. The van der Waals surface area contributed by atoms with Gasteiger partial charge in [-0.15, -0.1) is 0 Å². The molecule has 0 unspecified atom stereocenters. The van der Waals surface area contributed by atoms with Crippen LogP contribution in [0.5, 0.6) is 0 Å². The molecule has 14 heteroatoms. The average molecular weight is 737 g/mol. The van der Waals surface area contributed by atoms with Crippen molar-refractivity contribution in [3.63, 3.8) is 0 Å². The minimum atomic E-state index is -0.415. The van der Waals surface area contributed by atoms with Crippen molar-refractivity contribution in [2.24, 2.45) is 5.73 Å². The van der Waals surface area contributed by atoms with Gasteiger partial charge in [0.25, 0.3) is 0 Å². The number of nitrogens with one attached hydrogen (secondary N) is 1. The monoisotopic (exact) mass is 736 g/mol. The number of hydrogen-bond donors (Lipinski definition) is 2. The summed E-state index contributed by atoms with van der Waals surface area (Å²) in [7, 11) is 0. The fourth-order valence-electron chi connectivity index (χ4n) is 5.18. The molecule has 294 valence electrons. The Hall–Kier alpha value is -2.73. The van der Waals surface area contributed by atoms with E-state index in [2.05, 4.69) is 29.6 Å². The summed E-state index contributed by atoms with van der Waals surface area (Å²) in [6, 6.07) is 16.6. The second-order valence-corrected chi connectivity index (χ2v) is 11.5. The van der Waals surface area contributed by atoms with E-state index in [0.29, 0.717) is 158 Å². The summed E-state index contributed by atoms with van der Waals surface area (Å²) >= 11 is 0. The van der Waals surface area contributed by atoms with Gasteiger partial charge < -0.3 is 63.2 Å². The minimum Gasteiger partial charge on any atom is -0.449 e. The van der Waals surface area contributed by atoms with Crippen LogP contribution in [-0.4, -0.2) is 158 Å². The van der Waals surface area contributed by atoms with Crippen molar-refractivity contribution in [1.29, 1.82) is 0 Å². The van der Waals surface area contributed by atoms with Crippen LogP contribution in [0.2, 0.25) is 0 Å². The van der Waals surface area contributed by atoms with Crippen LogP contribution in [0.4, 0.5) is 4.79 Å². The standard InChI is InChI=1S/C38H60N2O12/c39-10-13-43-15-17-45-19-21-47-23-25-49-27-29-51-31-30-50-28-26-48-24-22-46-20-18-44-16-14-42-12-5-11-40-38(41)52-32-37-35-8-3-1-6-33(35)34-7-2-4-9-36(34)37/h1-4,6-9,37H,5,10-32,39H2,(H,40,41). The number of hydrogen-bond acceptors (Lipinski definition) is 13. The Morgan fingerprint density at radius 1 is 0.481 bits per heavy atom. The molecule has 3 rings (SSSR count). The number of amides is 1. The summed E-state index contributed by atoms with van der Waals surface area (Å²) in [4.78, 5) is 12.3. The van der Waals surface area contributed by atoms with Crippen molar-refractivity contribution in [2.75, 3.05) is 152 Å². The molecule has 0 heterocycles. The van der Waals surface area contributed by atoms with Gasteiger partial charge in [0.15, 0.2) is 0 Å². The summed E-state index contributed by atoms with van der Waals surface area (Å²) in [5, 5.41) is 2.80. The molecule has 0 aliphatic heterocycles. The number of carbonyl (C=O) groups is 1. The third-order valence-corrected chi connectivity index (χ3v) is 7.69. The number of benzene rings is 2. The molecule has 0 spiro atoms. The van der Waals surface area contributed by atoms with Crippen molar-refractivity contribution in [2.45, 2.75) is 12.3 Å². The van der Waals surface area contributed by atoms with Crippen molar-refractivity contribution < 1.29 is 56.9 Å². The Morgan fingerprint density at radius 3 is 1.17 bits per heavy atom. The predicted octanol–water partition coefficient (Wildman–Crippen LogP) is 3.04. The SMILES string of the molecule is NCCOCCOCCOCCOCCOCCOCCOCCOCCOCCOCCCNC(=O)OCC1c2ccccc2-c2ccccc21. The van der Waals surface area contributed by atoms with E-state index in [1.165, 1.54) is 22.3 Å². The molecule has 14 nitrogen and oxygen atoms in total. The van der Waals surface area contributed by atoms with Gasteiger partial charge in [0, 0.05) is 25.6 Å². The van der Waals surface area contributed by atoms with Crippen LogP contribution in [0.15, 0.2) is 48.5 Å². The van der Waals surface area contributed by atoms with Gasteiger partial charge in [-0.3, -0.25) is 0 Å². The molecule has 0 bridgehead atoms. The second-order valence-electron chi connectivity index (χ2n) is 11.5. The normalized spacial score (nSPS) is 12.2. The second kappa shape index (κ2) is 30.7. The number of rotatable bonds is 35. The zero-order valence-corrected chi connectivity index (χ0v) is 30.6. The number of alkyl carbamates (subject to hydrolysis) is 1. The lowest BCUT2D eigenvalue weighted by Crippen LogP contribution is -2.27. The third-order valence-electron chi connectivity index (χ3n) is 7.69. The molecule has 3 N–H and O–H groups in total. The van der Waals surface area contributed by atoms with Crippen LogP contribution in [0.1, 0.15) is 23.5 Å². The van der Waals surface area contributed by atoms with Gasteiger partial charge in [-0.25, -0.2) is 4.79 Å². The lowest BCUT2D eigenvalue weighted by molar-refractivity contribution is -0.0263. The van der Waals surface area contributed by atoms with Gasteiger partial charge in [0.2, 0.25) is 0 Å². The first-order chi connectivity index (χ1) is 25.8. The van der Waals surface area contributed by atoms with Crippen LogP contribution in [0, 0.1) is 0 Å². The Balaban J connectivity index is 0.958. The van der Waals surface area contributed by atoms with E-state index < -0.39 is 6.09 Å². The van der Waals surface area contributed by atoms with E-state index in [1.807, 2.05) is 24.3 Å². The van der Waals surface area contributed by atoms with Crippen LogP contribution < -0.4 is 11.1 Å². The molecule has 2 aromatic carbocycles. The predicted molar refractivity (Wildman–Crippen MR) is 195 cm³/mol. The van der Waals surface area contributed by atoms with Crippen LogP contribution >= 0.6 is 0 Å². The molecular weight excluding hydrogens is 676 g/mol. The summed E-state index contributed by atoms with van der Waals surface area (Å²) in [5.74, 6) is 0.0502. The highest BCUT2D eigenvalue weighted by atomic mass is 16.6. The molecule has 0 aromatic heterocycles. The number of fused-ring (bicyclic) bond motifs is 3. The zero-order valence-electron chi connectivity index (χ0n) is 30.6. The van der Waals surface area contributed by atoms with E-state index in [0.717, 1.165) is 0 Å². The van der Waals surface area contributed by atoms with Gasteiger partial charge in [-0.05, 0) is 28.7 Å². The van der Waals surface area contributed by atoms with E-state index in [4.69, 9.17) is 57.8 Å². The first-order valence-corrected chi connectivity index (χ1v) is 18.4. The average Bonchev–Trinajstić information content (AvgIpc) is 3.49. The van der Waals surface area contributed by atoms with Gasteiger partial charge in [0.05, 0.1) is 126 Å². The van der Waals surface area contributed by atoms with Crippen molar-refractivity contribution in [3.8, 4) is 11.1 Å². The van der Waals surface area contributed by atoms with Crippen molar-refractivity contribution in [1.82, 2.24) is 5.32 Å². The number of ether oxygens (including phenoxy) is 11. The zero-order chi connectivity index (χ0) is 36.6. The largest absolute Gasteiger partial charge is 0.449 e. The number of nitrogens with two attached hydrogens (primary N) is 1. The summed E-state index contributed by atoms with van der Waals surface area (Å²) in [6.07, 6.45) is 0.270. The van der Waals surface area contributed by atoms with Crippen LogP contribution in [0.3, 0.4) is 0 Å². The Kier molecular flexibility index (Phi) is 25.8. The van der Waals surface area contributed by atoms with Gasteiger partial charge >= 0.3 is 6.09 Å². The van der Waals surface area contributed by atoms with Crippen LogP contribution in [-0.2, 0) is 52.1 Å². The van der Waals surface area contributed by atoms with Gasteiger partial charge in [-0.1, -0.05) is 48.5 Å².